The van der Waals surface area contributed by atoms with Gasteiger partial charge in [0.1, 0.15) is 18.2 Å². The molecule has 156 valence electrons. The summed E-state index contributed by atoms with van der Waals surface area (Å²) >= 11 is 0. The Labute approximate surface area is 167 Å². The van der Waals surface area contributed by atoms with Crippen LogP contribution in [0.2, 0.25) is 0 Å². The number of carbonyl (C=O) groups is 1. The fourth-order valence-corrected chi connectivity index (χ4v) is 4.16. The minimum atomic E-state index is -0.378. The number of carbonyl (C=O) groups excluding carboxylic acids is 1. The summed E-state index contributed by atoms with van der Waals surface area (Å²) in [5, 5.41) is 3.28. The molecule has 0 radical (unpaired) electrons. The predicted octanol–water partition coefficient (Wildman–Crippen LogP) is 4.50. The van der Waals surface area contributed by atoms with Gasteiger partial charge in [-0.25, -0.2) is 9.18 Å². The van der Waals surface area contributed by atoms with Crippen molar-refractivity contribution in [1.82, 2.24) is 10.2 Å². The Morgan fingerprint density at radius 2 is 2.11 bits per heavy atom. The number of nitrogens with zero attached hydrogens (tertiary/aromatic N) is 1. The number of hydrogen-bond donors (Lipinski definition) is 1. The lowest BCUT2D eigenvalue weighted by molar-refractivity contribution is 0.0706. The maximum absolute atomic E-state index is 14.1. The Morgan fingerprint density at radius 1 is 1.29 bits per heavy atom. The number of halogens is 1. The number of benzene rings is 1. The number of ether oxygens (including phenoxy) is 2. The van der Waals surface area contributed by atoms with E-state index in [1.807, 2.05) is 6.92 Å². The van der Waals surface area contributed by atoms with E-state index in [1.54, 1.807) is 17.0 Å². The molecule has 5 nitrogen and oxygen atoms in total. The zero-order valence-electron chi connectivity index (χ0n) is 16.9. The SMILES string of the molecule is CC[C@@H]1CNCCN1C(=O)OCc1cc(OCCC2CCCCC2)ccc1F. The van der Waals surface area contributed by atoms with Gasteiger partial charge in [-0.2, -0.15) is 0 Å². The van der Waals surface area contributed by atoms with E-state index in [0.29, 0.717) is 24.5 Å². The van der Waals surface area contributed by atoms with Gasteiger partial charge in [-0.15, -0.1) is 0 Å². The van der Waals surface area contributed by atoms with Crippen molar-refractivity contribution >= 4 is 6.09 Å². The molecule has 1 aromatic carbocycles. The van der Waals surface area contributed by atoms with Gasteiger partial charge in [-0.05, 0) is 37.0 Å². The third-order valence-corrected chi connectivity index (χ3v) is 5.94. The first-order chi connectivity index (χ1) is 13.7. The van der Waals surface area contributed by atoms with E-state index in [-0.39, 0.29) is 24.6 Å². The number of amides is 1. The van der Waals surface area contributed by atoms with Crippen LogP contribution in [0.15, 0.2) is 18.2 Å². The highest BCUT2D eigenvalue weighted by molar-refractivity contribution is 5.68. The normalized spacial score (nSPS) is 20.8. The van der Waals surface area contributed by atoms with E-state index in [1.165, 1.54) is 38.2 Å². The van der Waals surface area contributed by atoms with Crippen LogP contribution in [0.5, 0.6) is 5.75 Å². The molecular weight excluding hydrogens is 359 g/mol. The van der Waals surface area contributed by atoms with Crippen molar-refractivity contribution in [2.24, 2.45) is 5.92 Å². The standard InChI is InChI=1S/C22H33FN2O3/c1-2-19-15-24-11-12-25(19)22(26)28-16-18-14-20(8-9-21(18)23)27-13-10-17-6-4-3-5-7-17/h8-9,14,17,19,24H,2-7,10-13,15-16H2,1H3/t19-/m1/s1. The topological polar surface area (TPSA) is 50.8 Å². The third kappa shape index (κ3) is 5.84. The van der Waals surface area contributed by atoms with Crippen LogP contribution in [-0.4, -0.2) is 43.3 Å². The van der Waals surface area contributed by atoms with Crippen LogP contribution in [-0.2, 0) is 11.3 Å². The summed E-state index contributed by atoms with van der Waals surface area (Å²) in [4.78, 5) is 14.1. The molecule has 1 atom stereocenters. The first-order valence-electron chi connectivity index (χ1n) is 10.7. The third-order valence-electron chi connectivity index (χ3n) is 5.94. The minimum absolute atomic E-state index is 0.0785. The maximum atomic E-state index is 14.1. The van der Waals surface area contributed by atoms with Gasteiger partial charge in [0, 0.05) is 31.2 Å². The lowest BCUT2D eigenvalue weighted by atomic mass is 9.87. The Kier molecular flexibility index (Phi) is 7.95. The summed E-state index contributed by atoms with van der Waals surface area (Å²) in [6.07, 6.45) is 8.10. The van der Waals surface area contributed by atoms with Gasteiger partial charge in [0.15, 0.2) is 0 Å². The molecule has 0 spiro atoms. The van der Waals surface area contributed by atoms with E-state index in [9.17, 15) is 9.18 Å². The lowest BCUT2D eigenvalue weighted by Gasteiger charge is -2.34. The molecule has 1 saturated carbocycles. The minimum Gasteiger partial charge on any atom is -0.494 e. The maximum Gasteiger partial charge on any atom is 0.410 e. The van der Waals surface area contributed by atoms with Crippen LogP contribution >= 0.6 is 0 Å². The Balaban J connectivity index is 1.49. The van der Waals surface area contributed by atoms with Crippen LogP contribution in [0.1, 0.15) is 57.4 Å². The second-order valence-corrected chi connectivity index (χ2v) is 7.91. The molecule has 1 aliphatic heterocycles. The number of hydrogen-bond acceptors (Lipinski definition) is 4. The van der Waals surface area contributed by atoms with E-state index >= 15 is 0 Å². The van der Waals surface area contributed by atoms with Crippen molar-refractivity contribution in [2.75, 3.05) is 26.2 Å². The molecule has 1 saturated heterocycles. The molecule has 3 rings (SSSR count). The predicted molar refractivity (Wildman–Crippen MR) is 107 cm³/mol. The van der Waals surface area contributed by atoms with E-state index in [0.717, 1.165) is 31.8 Å². The fraction of sp³-hybridized carbons (Fsp3) is 0.682. The molecule has 0 unspecified atom stereocenters. The molecule has 0 bridgehead atoms. The quantitative estimate of drug-likeness (QED) is 0.743. The van der Waals surface area contributed by atoms with Crippen LogP contribution < -0.4 is 10.1 Å². The summed E-state index contributed by atoms with van der Waals surface area (Å²) in [5.74, 6) is 1.01. The zero-order chi connectivity index (χ0) is 19.8. The van der Waals surface area contributed by atoms with Crippen LogP contribution in [0, 0.1) is 11.7 Å². The molecule has 1 N–H and O–H groups in total. The van der Waals surface area contributed by atoms with Crippen molar-refractivity contribution in [3.05, 3.63) is 29.6 Å². The Bertz CT molecular complexity index is 634. The van der Waals surface area contributed by atoms with E-state index < -0.39 is 0 Å². The van der Waals surface area contributed by atoms with Crippen molar-refractivity contribution < 1.29 is 18.7 Å². The number of piperazine rings is 1. The molecule has 1 heterocycles. The average molecular weight is 393 g/mol. The van der Waals surface area contributed by atoms with Crippen molar-refractivity contribution in [1.29, 1.82) is 0 Å². The number of rotatable bonds is 7. The second kappa shape index (κ2) is 10.6. The first-order valence-corrected chi connectivity index (χ1v) is 10.7. The van der Waals surface area contributed by atoms with Gasteiger partial charge < -0.3 is 19.7 Å². The van der Waals surface area contributed by atoms with E-state index in [4.69, 9.17) is 9.47 Å². The Morgan fingerprint density at radius 3 is 2.89 bits per heavy atom. The summed E-state index contributed by atoms with van der Waals surface area (Å²) in [7, 11) is 0. The van der Waals surface area contributed by atoms with Crippen LogP contribution in [0.4, 0.5) is 9.18 Å². The molecule has 6 heteroatoms. The molecular formula is C22H33FN2O3. The molecule has 2 aliphatic rings. The van der Waals surface area contributed by atoms with Gasteiger partial charge in [0.25, 0.3) is 0 Å². The zero-order valence-corrected chi connectivity index (χ0v) is 16.9. The van der Waals surface area contributed by atoms with Crippen molar-refractivity contribution in [3.8, 4) is 5.75 Å². The molecule has 1 amide bonds. The summed E-state index contributed by atoms with van der Waals surface area (Å²) in [6.45, 7) is 4.75. The lowest BCUT2D eigenvalue weighted by Crippen LogP contribution is -2.53. The van der Waals surface area contributed by atoms with Crippen LogP contribution in [0.3, 0.4) is 0 Å². The van der Waals surface area contributed by atoms with Crippen LogP contribution in [0.25, 0.3) is 0 Å². The summed E-state index contributed by atoms with van der Waals surface area (Å²) < 4.78 is 25.4. The Hall–Kier alpha value is -1.82. The van der Waals surface area contributed by atoms with Gasteiger partial charge in [0.2, 0.25) is 0 Å². The highest BCUT2D eigenvalue weighted by atomic mass is 19.1. The van der Waals surface area contributed by atoms with Crippen molar-refractivity contribution in [2.45, 2.75) is 64.5 Å². The average Bonchev–Trinajstić information content (AvgIpc) is 2.74. The van der Waals surface area contributed by atoms with Gasteiger partial charge in [-0.3, -0.25) is 0 Å². The number of nitrogens with one attached hydrogen (secondary N) is 1. The molecule has 1 aromatic rings. The summed E-state index contributed by atoms with van der Waals surface area (Å²) in [5.41, 5.74) is 0.353. The second-order valence-electron chi connectivity index (χ2n) is 7.91. The molecule has 28 heavy (non-hydrogen) atoms. The monoisotopic (exact) mass is 392 g/mol. The highest BCUT2D eigenvalue weighted by Crippen LogP contribution is 2.27. The highest BCUT2D eigenvalue weighted by Gasteiger charge is 2.26. The molecule has 1 aliphatic carbocycles. The van der Waals surface area contributed by atoms with Crippen molar-refractivity contribution in [3.63, 3.8) is 0 Å². The fourth-order valence-electron chi connectivity index (χ4n) is 4.16. The summed E-state index contributed by atoms with van der Waals surface area (Å²) in [6, 6.07) is 4.81. The molecule has 2 fully saturated rings. The molecule has 0 aromatic heterocycles. The van der Waals surface area contributed by atoms with Gasteiger partial charge in [-0.1, -0.05) is 39.0 Å². The van der Waals surface area contributed by atoms with Gasteiger partial charge >= 0.3 is 6.09 Å². The largest absolute Gasteiger partial charge is 0.494 e. The van der Waals surface area contributed by atoms with Gasteiger partial charge in [0.05, 0.1) is 6.61 Å². The first kappa shape index (κ1) is 20.9. The smallest absolute Gasteiger partial charge is 0.410 e. The van der Waals surface area contributed by atoms with E-state index in [2.05, 4.69) is 5.32 Å².